The first-order valence-corrected chi connectivity index (χ1v) is 6.91. The van der Waals surface area contributed by atoms with Crippen molar-refractivity contribution in [2.75, 3.05) is 24.5 Å². The van der Waals surface area contributed by atoms with Gasteiger partial charge in [0.25, 0.3) is 5.91 Å². The molecule has 5 nitrogen and oxygen atoms in total. The van der Waals surface area contributed by atoms with E-state index in [1.807, 2.05) is 13.0 Å². The van der Waals surface area contributed by atoms with Gasteiger partial charge in [-0.25, -0.2) is 4.98 Å². The number of nitrogens with two attached hydrogens (primary N) is 1. The topological polar surface area (TPSA) is 71.2 Å². The second kappa shape index (κ2) is 4.81. The zero-order chi connectivity index (χ0) is 13.4. The van der Waals surface area contributed by atoms with Crippen LogP contribution in [0.15, 0.2) is 12.1 Å². The van der Waals surface area contributed by atoms with Gasteiger partial charge in [-0.2, -0.15) is 0 Å². The summed E-state index contributed by atoms with van der Waals surface area (Å²) in [6.07, 6.45) is 2.49. The van der Waals surface area contributed by atoms with Crippen molar-refractivity contribution in [3.8, 4) is 0 Å². The van der Waals surface area contributed by atoms with Crippen molar-refractivity contribution >= 4 is 11.7 Å². The van der Waals surface area contributed by atoms with Crippen LogP contribution in [0.1, 0.15) is 28.9 Å². The van der Waals surface area contributed by atoms with Crippen LogP contribution in [0.4, 0.5) is 5.82 Å². The SMILES string of the molecule is Cc1ccc(C(N)=O)c(N2C[C@@H]3CCCN[C@@H]3C2)n1. The lowest BCUT2D eigenvalue weighted by Gasteiger charge is -2.24. The van der Waals surface area contributed by atoms with Crippen LogP contribution >= 0.6 is 0 Å². The zero-order valence-corrected chi connectivity index (χ0v) is 11.2. The van der Waals surface area contributed by atoms with Crippen molar-refractivity contribution in [3.63, 3.8) is 0 Å². The lowest BCUT2D eigenvalue weighted by molar-refractivity contribution is 0.100. The van der Waals surface area contributed by atoms with Crippen molar-refractivity contribution in [3.05, 3.63) is 23.4 Å². The summed E-state index contributed by atoms with van der Waals surface area (Å²) in [6, 6.07) is 4.15. The van der Waals surface area contributed by atoms with Gasteiger partial charge in [0, 0.05) is 24.8 Å². The maximum atomic E-state index is 11.5. The van der Waals surface area contributed by atoms with Crippen LogP contribution < -0.4 is 16.0 Å². The van der Waals surface area contributed by atoms with Crippen molar-refractivity contribution < 1.29 is 4.79 Å². The predicted octanol–water partition coefficient (Wildman–Crippen LogP) is 0.677. The molecule has 19 heavy (non-hydrogen) atoms. The Morgan fingerprint density at radius 2 is 2.32 bits per heavy atom. The third-order valence-corrected chi connectivity index (χ3v) is 4.18. The minimum absolute atomic E-state index is 0.398. The highest BCUT2D eigenvalue weighted by molar-refractivity contribution is 5.97. The van der Waals surface area contributed by atoms with Crippen LogP contribution in [0.25, 0.3) is 0 Å². The van der Waals surface area contributed by atoms with Crippen LogP contribution in [0.2, 0.25) is 0 Å². The number of fused-ring (bicyclic) bond motifs is 1. The average molecular weight is 260 g/mol. The summed E-state index contributed by atoms with van der Waals surface area (Å²) >= 11 is 0. The number of amides is 1. The second-order valence-electron chi connectivity index (χ2n) is 5.56. The standard InChI is InChI=1S/C14H20N4O/c1-9-4-5-11(13(15)19)14(17-9)18-7-10-3-2-6-16-12(10)8-18/h4-5,10,12,16H,2-3,6-8H2,1H3,(H2,15,19)/t10-,12+/m0/s1. The van der Waals surface area contributed by atoms with Gasteiger partial charge >= 0.3 is 0 Å². The van der Waals surface area contributed by atoms with Crippen LogP contribution in [0.3, 0.4) is 0 Å². The van der Waals surface area contributed by atoms with E-state index in [1.54, 1.807) is 6.07 Å². The molecule has 0 aliphatic carbocycles. The smallest absolute Gasteiger partial charge is 0.252 e. The molecule has 0 unspecified atom stereocenters. The maximum Gasteiger partial charge on any atom is 0.252 e. The monoisotopic (exact) mass is 260 g/mol. The summed E-state index contributed by atoms with van der Waals surface area (Å²) in [5.74, 6) is 1.02. The summed E-state index contributed by atoms with van der Waals surface area (Å²) in [5, 5.41) is 3.56. The first kappa shape index (κ1) is 12.4. The predicted molar refractivity (Wildman–Crippen MR) is 74.2 cm³/mol. The van der Waals surface area contributed by atoms with Crippen LogP contribution in [-0.4, -0.2) is 36.6 Å². The number of carbonyl (C=O) groups excluding carboxylic acids is 1. The van der Waals surface area contributed by atoms with Gasteiger partial charge < -0.3 is 16.0 Å². The summed E-state index contributed by atoms with van der Waals surface area (Å²) < 4.78 is 0. The van der Waals surface area contributed by atoms with Gasteiger partial charge in [0.05, 0.1) is 5.56 Å². The number of carbonyl (C=O) groups is 1. The Bertz CT molecular complexity index is 488. The van der Waals surface area contributed by atoms with E-state index in [2.05, 4.69) is 15.2 Å². The van der Waals surface area contributed by atoms with Crippen LogP contribution in [0.5, 0.6) is 0 Å². The molecule has 102 valence electrons. The summed E-state index contributed by atoms with van der Waals surface area (Å²) in [7, 11) is 0. The molecular formula is C14H20N4O. The number of hydrogen-bond acceptors (Lipinski definition) is 4. The third kappa shape index (κ3) is 2.30. The Morgan fingerprint density at radius 3 is 3.05 bits per heavy atom. The molecule has 2 aliphatic rings. The number of nitrogens with one attached hydrogen (secondary N) is 1. The molecule has 2 fully saturated rings. The molecule has 0 aromatic carbocycles. The number of aryl methyl sites for hydroxylation is 1. The summed E-state index contributed by atoms with van der Waals surface area (Å²) in [5.41, 5.74) is 6.91. The van der Waals surface area contributed by atoms with Crippen LogP contribution in [-0.2, 0) is 0 Å². The van der Waals surface area contributed by atoms with Gasteiger partial charge in [0.2, 0.25) is 0 Å². The van der Waals surface area contributed by atoms with Crippen LogP contribution in [0, 0.1) is 12.8 Å². The van der Waals surface area contributed by atoms with Crippen molar-refractivity contribution in [2.24, 2.45) is 11.7 Å². The first-order valence-electron chi connectivity index (χ1n) is 6.91. The highest BCUT2D eigenvalue weighted by Crippen LogP contribution is 2.29. The molecule has 2 saturated heterocycles. The molecule has 0 radical (unpaired) electrons. The van der Waals surface area contributed by atoms with E-state index in [1.165, 1.54) is 12.8 Å². The van der Waals surface area contributed by atoms with Gasteiger partial charge in [0.1, 0.15) is 5.82 Å². The maximum absolute atomic E-state index is 11.5. The quantitative estimate of drug-likeness (QED) is 0.820. The van der Waals surface area contributed by atoms with Crippen molar-refractivity contribution in [1.82, 2.24) is 10.3 Å². The minimum atomic E-state index is -0.398. The molecule has 1 aromatic rings. The van der Waals surface area contributed by atoms with E-state index >= 15 is 0 Å². The number of aromatic nitrogens is 1. The Labute approximate surface area is 113 Å². The van der Waals surface area contributed by atoms with Gasteiger partial charge in [-0.1, -0.05) is 0 Å². The van der Waals surface area contributed by atoms with E-state index in [9.17, 15) is 4.79 Å². The number of nitrogens with zero attached hydrogens (tertiary/aromatic N) is 2. The van der Waals surface area contributed by atoms with E-state index in [0.717, 1.165) is 31.1 Å². The van der Waals surface area contributed by atoms with E-state index < -0.39 is 5.91 Å². The molecule has 1 amide bonds. The number of pyridine rings is 1. The van der Waals surface area contributed by atoms with Gasteiger partial charge in [-0.05, 0) is 44.4 Å². The van der Waals surface area contributed by atoms with Gasteiger partial charge in [0.15, 0.2) is 0 Å². The number of rotatable bonds is 2. The first-order chi connectivity index (χ1) is 9.15. The largest absolute Gasteiger partial charge is 0.365 e. The molecule has 3 rings (SSSR count). The Hall–Kier alpha value is -1.62. The van der Waals surface area contributed by atoms with E-state index in [0.29, 0.717) is 17.5 Å². The molecule has 0 saturated carbocycles. The average Bonchev–Trinajstić information content (AvgIpc) is 2.81. The molecule has 2 aliphatic heterocycles. The Balaban J connectivity index is 1.90. The zero-order valence-electron chi connectivity index (χ0n) is 11.2. The number of primary amides is 1. The molecule has 3 heterocycles. The molecule has 0 spiro atoms. The van der Waals surface area contributed by atoms with Gasteiger partial charge in [-0.3, -0.25) is 4.79 Å². The molecule has 5 heteroatoms. The summed E-state index contributed by atoms with van der Waals surface area (Å²) in [6.45, 7) is 4.92. The van der Waals surface area contributed by atoms with Gasteiger partial charge in [-0.15, -0.1) is 0 Å². The fraction of sp³-hybridized carbons (Fsp3) is 0.571. The second-order valence-corrected chi connectivity index (χ2v) is 5.56. The lowest BCUT2D eigenvalue weighted by atomic mass is 9.94. The fourth-order valence-corrected chi connectivity index (χ4v) is 3.20. The fourth-order valence-electron chi connectivity index (χ4n) is 3.20. The number of anilines is 1. The normalized spacial score (nSPS) is 26.3. The van der Waals surface area contributed by atoms with E-state index in [4.69, 9.17) is 5.73 Å². The third-order valence-electron chi connectivity index (χ3n) is 4.18. The minimum Gasteiger partial charge on any atom is -0.365 e. The number of piperidine rings is 1. The highest BCUT2D eigenvalue weighted by Gasteiger charge is 2.35. The summed E-state index contributed by atoms with van der Waals surface area (Å²) in [4.78, 5) is 18.3. The highest BCUT2D eigenvalue weighted by atomic mass is 16.1. The molecule has 1 aromatic heterocycles. The van der Waals surface area contributed by atoms with Crippen molar-refractivity contribution in [1.29, 1.82) is 0 Å². The van der Waals surface area contributed by atoms with Crippen molar-refractivity contribution in [2.45, 2.75) is 25.8 Å². The van der Waals surface area contributed by atoms with E-state index in [-0.39, 0.29) is 0 Å². The molecular weight excluding hydrogens is 240 g/mol. The molecule has 0 bridgehead atoms. The Kier molecular flexibility index (Phi) is 3.14. The molecule has 2 atom stereocenters. The lowest BCUT2D eigenvalue weighted by Crippen LogP contribution is -2.40. The molecule has 3 N–H and O–H groups in total. The Morgan fingerprint density at radius 1 is 1.47 bits per heavy atom. The number of hydrogen-bond donors (Lipinski definition) is 2.